The van der Waals surface area contributed by atoms with E-state index >= 15 is 0 Å². The minimum atomic E-state index is -3.65. The van der Waals surface area contributed by atoms with Crippen LogP contribution in [0.5, 0.6) is 0 Å². The highest BCUT2D eigenvalue weighted by Gasteiger charge is 2.34. The second kappa shape index (κ2) is 6.02. The van der Waals surface area contributed by atoms with Gasteiger partial charge in [-0.05, 0) is 24.6 Å². The predicted octanol–water partition coefficient (Wildman–Crippen LogP) is -0.0210. The van der Waals surface area contributed by atoms with Crippen LogP contribution in [-0.2, 0) is 15.0 Å². The molecule has 0 bridgehead atoms. The van der Waals surface area contributed by atoms with Gasteiger partial charge in [0, 0.05) is 31.5 Å². The van der Waals surface area contributed by atoms with Crippen molar-refractivity contribution >= 4 is 22.5 Å². The maximum atomic E-state index is 12.4. The van der Waals surface area contributed by atoms with E-state index in [1.54, 1.807) is 12.2 Å². The predicted molar refractivity (Wildman–Crippen MR) is 75.8 cm³/mol. The summed E-state index contributed by atoms with van der Waals surface area (Å²) < 4.78 is 27.2. The number of nitrogens with one attached hydrogen (secondary N) is 1. The van der Waals surface area contributed by atoms with E-state index < -0.39 is 10.2 Å². The summed E-state index contributed by atoms with van der Waals surface area (Å²) in [6, 6.07) is -0.193. The van der Waals surface area contributed by atoms with Gasteiger partial charge in [0.05, 0.1) is 0 Å². The Bertz CT molecular complexity index is 564. The molecule has 0 aromatic heterocycles. The molecule has 0 radical (unpaired) electrons. The van der Waals surface area contributed by atoms with E-state index in [0.717, 1.165) is 4.31 Å². The summed E-state index contributed by atoms with van der Waals surface area (Å²) in [4.78, 5) is 15.1. The molecule has 0 aromatic carbocycles. The zero-order valence-corrected chi connectivity index (χ0v) is 11.7. The number of rotatable bonds is 4. The van der Waals surface area contributed by atoms with Crippen LogP contribution in [0.4, 0.5) is 0 Å². The van der Waals surface area contributed by atoms with Crippen LogP contribution in [0.15, 0.2) is 42.2 Å². The SMILES string of the molecule is C=CC(=O)N[C@@H]1CCN(S(=O)(=O)N2C=CC=CN=C2)C1. The first-order chi connectivity index (χ1) is 9.54. The Balaban J connectivity index is 2.05. The number of aliphatic imine (C=N–C) groups is 1. The molecule has 2 aliphatic heterocycles. The highest BCUT2D eigenvalue weighted by Crippen LogP contribution is 2.17. The second-order valence-electron chi connectivity index (χ2n) is 4.34. The first-order valence-electron chi connectivity index (χ1n) is 6.12. The third-order valence-corrected chi connectivity index (χ3v) is 4.71. The number of amides is 1. The van der Waals surface area contributed by atoms with E-state index in [2.05, 4.69) is 16.9 Å². The van der Waals surface area contributed by atoms with Crippen LogP contribution >= 0.6 is 0 Å². The van der Waals surface area contributed by atoms with Crippen molar-refractivity contribution in [3.8, 4) is 0 Å². The van der Waals surface area contributed by atoms with E-state index in [1.807, 2.05) is 0 Å². The standard InChI is InChI=1S/C12H16N4O3S/c1-2-12(17)14-11-5-8-15(9-11)20(18,19)16-7-4-3-6-13-10-16/h2-4,6-7,10-11H,1,5,8-9H2,(H,14,17)/t11-/m1/s1. The average molecular weight is 296 g/mol. The van der Waals surface area contributed by atoms with Gasteiger partial charge in [0.1, 0.15) is 6.34 Å². The van der Waals surface area contributed by atoms with E-state index in [9.17, 15) is 13.2 Å². The normalized spacial score (nSPS) is 22.8. The lowest BCUT2D eigenvalue weighted by molar-refractivity contribution is -0.117. The van der Waals surface area contributed by atoms with Crippen molar-refractivity contribution in [3.05, 3.63) is 37.2 Å². The average Bonchev–Trinajstić information content (AvgIpc) is 2.72. The Hall–Kier alpha value is -1.93. The third kappa shape index (κ3) is 3.14. The van der Waals surface area contributed by atoms with Crippen molar-refractivity contribution in [2.24, 2.45) is 4.99 Å². The largest absolute Gasteiger partial charge is 0.348 e. The van der Waals surface area contributed by atoms with Crippen LogP contribution in [0, 0.1) is 0 Å². The van der Waals surface area contributed by atoms with Crippen molar-refractivity contribution < 1.29 is 13.2 Å². The van der Waals surface area contributed by atoms with Gasteiger partial charge in [-0.2, -0.15) is 12.7 Å². The molecule has 0 saturated carbocycles. The van der Waals surface area contributed by atoms with Gasteiger partial charge in [0.25, 0.3) is 0 Å². The highest BCUT2D eigenvalue weighted by atomic mass is 32.2. The van der Waals surface area contributed by atoms with E-state index in [0.29, 0.717) is 13.0 Å². The van der Waals surface area contributed by atoms with Gasteiger partial charge in [-0.25, -0.2) is 9.30 Å². The quantitative estimate of drug-likeness (QED) is 0.740. The topological polar surface area (TPSA) is 82.1 Å². The lowest BCUT2D eigenvalue weighted by Crippen LogP contribution is -2.42. The molecule has 2 rings (SSSR count). The Labute approximate surface area is 118 Å². The molecule has 1 N–H and O–H groups in total. The molecule has 1 amide bonds. The van der Waals surface area contributed by atoms with E-state index in [1.165, 1.54) is 29.1 Å². The fourth-order valence-electron chi connectivity index (χ4n) is 1.96. The molecule has 108 valence electrons. The van der Waals surface area contributed by atoms with Crippen LogP contribution in [-0.4, -0.2) is 48.4 Å². The number of hydrogen-bond acceptors (Lipinski definition) is 4. The molecule has 1 saturated heterocycles. The van der Waals surface area contributed by atoms with Crippen LogP contribution in [0.1, 0.15) is 6.42 Å². The molecule has 1 atom stereocenters. The first kappa shape index (κ1) is 14.5. The fourth-order valence-corrected chi connectivity index (χ4v) is 3.33. The maximum Gasteiger partial charge on any atom is 0.308 e. The van der Waals surface area contributed by atoms with Gasteiger partial charge in [0.15, 0.2) is 0 Å². The molecule has 7 nitrogen and oxygen atoms in total. The monoisotopic (exact) mass is 296 g/mol. The van der Waals surface area contributed by atoms with Crippen LogP contribution in [0.25, 0.3) is 0 Å². The molecule has 1 fully saturated rings. The van der Waals surface area contributed by atoms with Gasteiger partial charge >= 0.3 is 10.2 Å². The summed E-state index contributed by atoms with van der Waals surface area (Å²) in [5.74, 6) is -0.297. The number of allylic oxidation sites excluding steroid dienone is 2. The van der Waals surface area contributed by atoms with E-state index in [4.69, 9.17) is 0 Å². The smallest absolute Gasteiger partial charge is 0.308 e. The van der Waals surface area contributed by atoms with Gasteiger partial charge in [-0.3, -0.25) is 4.79 Å². The summed E-state index contributed by atoms with van der Waals surface area (Å²) in [5, 5.41) is 2.70. The summed E-state index contributed by atoms with van der Waals surface area (Å²) in [5.41, 5.74) is 0. The van der Waals surface area contributed by atoms with Crippen LogP contribution in [0.2, 0.25) is 0 Å². The van der Waals surface area contributed by atoms with Crippen molar-refractivity contribution in [3.63, 3.8) is 0 Å². The maximum absolute atomic E-state index is 12.4. The minimum absolute atomic E-state index is 0.193. The van der Waals surface area contributed by atoms with Gasteiger partial charge in [-0.15, -0.1) is 0 Å². The van der Waals surface area contributed by atoms with Gasteiger partial charge < -0.3 is 5.32 Å². The molecule has 0 spiro atoms. The third-order valence-electron chi connectivity index (χ3n) is 2.97. The summed E-state index contributed by atoms with van der Waals surface area (Å²) in [6.07, 6.45) is 9.16. The second-order valence-corrected chi connectivity index (χ2v) is 6.18. The molecular formula is C12H16N4O3S. The summed E-state index contributed by atoms with van der Waals surface area (Å²) in [7, 11) is -3.65. The van der Waals surface area contributed by atoms with Crippen molar-refractivity contribution in [1.82, 2.24) is 13.9 Å². The Morgan fingerprint density at radius 1 is 1.45 bits per heavy atom. The van der Waals surface area contributed by atoms with Gasteiger partial charge in [-0.1, -0.05) is 6.58 Å². The molecule has 2 aliphatic rings. The molecule has 8 heteroatoms. The number of carbonyl (C=O) groups is 1. The van der Waals surface area contributed by atoms with Crippen molar-refractivity contribution in [1.29, 1.82) is 0 Å². The zero-order valence-electron chi connectivity index (χ0n) is 10.8. The van der Waals surface area contributed by atoms with Crippen LogP contribution < -0.4 is 5.32 Å². The summed E-state index contributed by atoms with van der Waals surface area (Å²) >= 11 is 0. The van der Waals surface area contributed by atoms with Gasteiger partial charge in [0.2, 0.25) is 5.91 Å². The molecular weight excluding hydrogens is 280 g/mol. The number of nitrogens with zero attached hydrogens (tertiary/aromatic N) is 3. The van der Waals surface area contributed by atoms with Crippen molar-refractivity contribution in [2.75, 3.05) is 13.1 Å². The fraction of sp³-hybridized carbons (Fsp3) is 0.333. The molecule has 2 heterocycles. The molecule has 20 heavy (non-hydrogen) atoms. The first-order valence-corrected chi connectivity index (χ1v) is 7.52. The molecule has 0 unspecified atom stereocenters. The lowest BCUT2D eigenvalue weighted by Gasteiger charge is -2.22. The minimum Gasteiger partial charge on any atom is -0.348 e. The lowest BCUT2D eigenvalue weighted by atomic mass is 10.2. The van der Waals surface area contributed by atoms with Crippen LogP contribution in [0.3, 0.4) is 0 Å². The Morgan fingerprint density at radius 3 is 3.00 bits per heavy atom. The Kier molecular flexibility index (Phi) is 4.35. The van der Waals surface area contributed by atoms with Crippen molar-refractivity contribution in [2.45, 2.75) is 12.5 Å². The summed E-state index contributed by atoms with van der Waals surface area (Å²) in [6.45, 7) is 3.97. The zero-order chi connectivity index (χ0) is 14.6. The Morgan fingerprint density at radius 2 is 2.25 bits per heavy atom. The number of carbonyl (C=O) groups excluding carboxylic acids is 1. The van der Waals surface area contributed by atoms with E-state index in [-0.39, 0.29) is 18.5 Å². The molecule has 0 aromatic rings. The highest BCUT2D eigenvalue weighted by molar-refractivity contribution is 7.87. The molecule has 0 aliphatic carbocycles. The number of hydrogen-bond donors (Lipinski definition) is 1.